The molecule has 2 aliphatic rings. The number of likely N-dealkylation sites (tertiary alicyclic amines) is 1. The van der Waals surface area contributed by atoms with Gasteiger partial charge in [0.05, 0.1) is 12.3 Å². The van der Waals surface area contributed by atoms with Crippen LogP contribution in [0.1, 0.15) is 65.7 Å². The van der Waals surface area contributed by atoms with Gasteiger partial charge < -0.3 is 26.0 Å². The molecule has 9 heteroatoms. The van der Waals surface area contributed by atoms with Gasteiger partial charge in [0.15, 0.2) is 0 Å². The van der Waals surface area contributed by atoms with Crippen molar-refractivity contribution in [3.05, 3.63) is 0 Å². The van der Waals surface area contributed by atoms with Crippen LogP contribution in [-0.4, -0.2) is 71.5 Å². The van der Waals surface area contributed by atoms with E-state index in [-0.39, 0.29) is 11.8 Å². The number of rotatable bonds is 8. The lowest BCUT2D eigenvalue weighted by atomic mass is 9.92. The summed E-state index contributed by atoms with van der Waals surface area (Å²) in [7, 11) is 0. The van der Waals surface area contributed by atoms with E-state index in [4.69, 9.17) is 5.11 Å². The molecule has 176 valence electrons. The molecule has 2 atom stereocenters. The maximum atomic E-state index is 12.8. The van der Waals surface area contributed by atoms with E-state index < -0.39 is 35.8 Å². The average Bonchev–Trinajstić information content (AvgIpc) is 2.70. The Bertz CT molecular complexity index is 655. The number of nitrogens with zero attached hydrogens (tertiary/aromatic N) is 1. The van der Waals surface area contributed by atoms with Crippen LogP contribution in [0.3, 0.4) is 0 Å². The molecule has 0 aliphatic carbocycles. The minimum absolute atomic E-state index is 0.0728. The fourth-order valence-corrected chi connectivity index (χ4v) is 4.20. The summed E-state index contributed by atoms with van der Waals surface area (Å²) in [5.41, 5.74) is -0.541. The van der Waals surface area contributed by atoms with Crippen molar-refractivity contribution in [3.63, 3.8) is 0 Å². The Hall–Kier alpha value is -2.16. The van der Waals surface area contributed by atoms with E-state index in [1.165, 1.54) is 0 Å². The number of hydrogen-bond donors (Lipinski definition) is 4. The molecule has 0 spiro atoms. The molecule has 0 aromatic carbocycles. The third-order valence-electron chi connectivity index (χ3n) is 5.88. The van der Waals surface area contributed by atoms with Crippen molar-refractivity contribution in [2.75, 3.05) is 26.2 Å². The molecule has 0 bridgehead atoms. The van der Waals surface area contributed by atoms with Crippen LogP contribution in [-0.2, 0) is 19.2 Å². The zero-order valence-electron chi connectivity index (χ0n) is 19.0. The molecule has 0 radical (unpaired) electrons. The summed E-state index contributed by atoms with van der Waals surface area (Å²) in [6.07, 6.45) is 4.41. The summed E-state index contributed by atoms with van der Waals surface area (Å²) < 4.78 is 0. The van der Waals surface area contributed by atoms with Crippen LogP contribution in [0.2, 0.25) is 0 Å². The number of nitrogens with one attached hydrogen (secondary N) is 3. The Morgan fingerprint density at radius 3 is 2.42 bits per heavy atom. The number of carboxylic acid groups (broad SMARTS) is 1. The quantitative estimate of drug-likeness (QED) is 0.445. The number of carbonyl (C=O) groups is 4. The van der Waals surface area contributed by atoms with E-state index in [1.807, 2.05) is 0 Å². The van der Waals surface area contributed by atoms with Gasteiger partial charge in [-0.25, -0.2) is 0 Å². The van der Waals surface area contributed by atoms with Crippen LogP contribution in [0.15, 0.2) is 0 Å². The number of amides is 3. The molecule has 4 N–H and O–H groups in total. The van der Waals surface area contributed by atoms with Crippen molar-refractivity contribution in [2.45, 2.75) is 77.3 Å². The zero-order chi connectivity index (χ0) is 23.0. The Balaban J connectivity index is 1.89. The molecule has 2 saturated heterocycles. The molecule has 2 fully saturated rings. The van der Waals surface area contributed by atoms with Crippen LogP contribution < -0.4 is 16.0 Å². The van der Waals surface area contributed by atoms with Gasteiger partial charge in [-0.2, -0.15) is 0 Å². The molecule has 3 amide bonds. The smallest absolute Gasteiger partial charge is 0.305 e. The number of piperidine rings is 2. The fraction of sp³-hybridized carbons (Fsp3) is 0.818. The monoisotopic (exact) mass is 438 g/mol. The normalized spacial score (nSPS) is 21.3. The van der Waals surface area contributed by atoms with Crippen molar-refractivity contribution in [2.24, 2.45) is 11.8 Å². The Morgan fingerprint density at radius 1 is 1.13 bits per heavy atom. The van der Waals surface area contributed by atoms with Crippen molar-refractivity contribution in [3.8, 4) is 0 Å². The van der Waals surface area contributed by atoms with E-state index in [1.54, 1.807) is 25.7 Å². The maximum Gasteiger partial charge on any atom is 0.305 e. The molecule has 9 nitrogen and oxygen atoms in total. The first-order chi connectivity index (χ1) is 14.5. The minimum Gasteiger partial charge on any atom is -0.481 e. The second-order valence-electron chi connectivity index (χ2n) is 9.81. The number of carboxylic acids is 1. The first-order valence-corrected chi connectivity index (χ1v) is 11.4. The van der Waals surface area contributed by atoms with Gasteiger partial charge in [-0.15, -0.1) is 0 Å². The minimum atomic E-state index is -1.16. The molecule has 0 aromatic rings. The first kappa shape index (κ1) is 25.1. The standard InChI is InChI=1S/C22H38N4O5/c1-22(2,3)25-21(31)17(13-19(28)29)24-20(30)16-5-4-12-26(14-16)18(27)7-6-15-8-10-23-11-9-15/h15-17,23H,4-14H2,1-3H3,(H,24,30)(H,25,31)(H,28,29)/t16-,17+/m1/s1. The molecular formula is C22H38N4O5. The van der Waals surface area contributed by atoms with Crippen molar-refractivity contribution in [1.82, 2.24) is 20.9 Å². The second kappa shape index (κ2) is 11.5. The Labute approximate surface area is 184 Å². The van der Waals surface area contributed by atoms with Crippen molar-refractivity contribution < 1.29 is 24.3 Å². The zero-order valence-corrected chi connectivity index (χ0v) is 19.0. The van der Waals surface area contributed by atoms with Crippen molar-refractivity contribution >= 4 is 23.7 Å². The van der Waals surface area contributed by atoms with Crippen LogP contribution in [0, 0.1) is 11.8 Å². The lowest BCUT2D eigenvalue weighted by molar-refractivity contribution is -0.141. The molecular weight excluding hydrogens is 400 g/mol. The Kier molecular flexibility index (Phi) is 9.28. The molecule has 0 aromatic heterocycles. The highest BCUT2D eigenvalue weighted by atomic mass is 16.4. The summed E-state index contributed by atoms with van der Waals surface area (Å²) in [5, 5.41) is 17.8. The van der Waals surface area contributed by atoms with Gasteiger partial charge in [-0.3, -0.25) is 19.2 Å². The predicted octanol–water partition coefficient (Wildman–Crippen LogP) is 0.879. The van der Waals surface area contributed by atoms with E-state index >= 15 is 0 Å². The predicted molar refractivity (Wildman–Crippen MR) is 116 cm³/mol. The van der Waals surface area contributed by atoms with Gasteiger partial charge in [0.1, 0.15) is 6.04 Å². The largest absolute Gasteiger partial charge is 0.481 e. The molecule has 2 aliphatic heterocycles. The second-order valence-corrected chi connectivity index (χ2v) is 9.81. The van der Waals surface area contributed by atoms with Crippen LogP contribution in [0.5, 0.6) is 0 Å². The van der Waals surface area contributed by atoms with Gasteiger partial charge in [0.25, 0.3) is 0 Å². The van der Waals surface area contributed by atoms with Crippen LogP contribution in [0.25, 0.3) is 0 Å². The van der Waals surface area contributed by atoms with E-state index in [0.29, 0.717) is 31.8 Å². The third kappa shape index (κ3) is 8.85. The highest BCUT2D eigenvalue weighted by Gasteiger charge is 2.32. The topological polar surface area (TPSA) is 128 Å². The van der Waals surface area contributed by atoms with E-state index in [0.717, 1.165) is 38.8 Å². The molecule has 0 unspecified atom stereocenters. The average molecular weight is 439 g/mol. The van der Waals surface area contributed by atoms with E-state index in [9.17, 15) is 19.2 Å². The Morgan fingerprint density at radius 2 is 1.81 bits per heavy atom. The maximum absolute atomic E-state index is 12.8. The van der Waals surface area contributed by atoms with Gasteiger partial charge >= 0.3 is 5.97 Å². The summed E-state index contributed by atoms with van der Waals surface area (Å²) in [4.78, 5) is 50.9. The summed E-state index contributed by atoms with van der Waals surface area (Å²) in [6, 6.07) is -1.14. The molecule has 2 heterocycles. The number of aliphatic carboxylic acids is 1. The van der Waals surface area contributed by atoms with Gasteiger partial charge in [-0.1, -0.05) is 0 Å². The lowest BCUT2D eigenvalue weighted by Crippen LogP contribution is -2.55. The molecule has 0 saturated carbocycles. The highest BCUT2D eigenvalue weighted by molar-refractivity contribution is 5.91. The first-order valence-electron chi connectivity index (χ1n) is 11.4. The summed E-state index contributed by atoms with van der Waals surface area (Å²) in [6.45, 7) is 8.34. The highest BCUT2D eigenvalue weighted by Crippen LogP contribution is 2.21. The molecule has 31 heavy (non-hydrogen) atoms. The fourth-order valence-electron chi connectivity index (χ4n) is 4.20. The van der Waals surface area contributed by atoms with Gasteiger partial charge in [0.2, 0.25) is 17.7 Å². The van der Waals surface area contributed by atoms with E-state index in [2.05, 4.69) is 16.0 Å². The SMILES string of the molecule is CC(C)(C)NC(=O)[C@H](CC(=O)O)NC(=O)[C@@H]1CCCN(C(=O)CCC2CCNCC2)C1. The van der Waals surface area contributed by atoms with Gasteiger partial charge in [0, 0.05) is 25.0 Å². The third-order valence-corrected chi connectivity index (χ3v) is 5.88. The lowest BCUT2D eigenvalue weighted by Gasteiger charge is -2.33. The number of carbonyl (C=O) groups excluding carboxylic acids is 3. The van der Waals surface area contributed by atoms with Gasteiger partial charge in [-0.05, 0) is 71.9 Å². The van der Waals surface area contributed by atoms with Crippen LogP contribution >= 0.6 is 0 Å². The van der Waals surface area contributed by atoms with Crippen molar-refractivity contribution in [1.29, 1.82) is 0 Å². The summed E-state index contributed by atoms with van der Waals surface area (Å²) in [5.74, 6) is -1.83. The summed E-state index contributed by atoms with van der Waals surface area (Å²) >= 11 is 0. The van der Waals surface area contributed by atoms with Crippen LogP contribution in [0.4, 0.5) is 0 Å². The number of hydrogen-bond acceptors (Lipinski definition) is 5. The molecule has 2 rings (SSSR count).